The van der Waals surface area contributed by atoms with E-state index in [0.29, 0.717) is 28.2 Å². The summed E-state index contributed by atoms with van der Waals surface area (Å²) in [5, 5.41) is 3.88. The summed E-state index contributed by atoms with van der Waals surface area (Å²) in [4.78, 5) is 15.7. The number of nitrogens with zero attached hydrogens (tertiary/aromatic N) is 2. The number of carbonyl (C=O) groups is 1. The summed E-state index contributed by atoms with van der Waals surface area (Å²) < 4.78 is 47.3. The van der Waals surface area contributed by atoms with Gasteiger partial charge < -0.3 is 18.7 Å². The van der Waals surface area contributed by atoms with Gasteiger partial charge >= 0.3 is 5.97 Å². The summed E-state index contributed by atoms with van der Waals surface area (Å²) >= 11 is 0. The molecule has 3 rings (SSSR count). The molecule has 0 amide bonds. The predicted molar refractivity (Wildman–Crippen MR) is 110 cm³/mol. The lowest BCUT2D eigenvalue weighted by atomic mass is 10.1. The molecule has 2 aromatic carbocycles. The Morgan fingerprint density at radius 2 is 1.74 bits per heavy atom. The Morgan fingerprint density at radius 1 is 1.03 bits per heavy atom. The number of sulfonamides is 1. The van der Waals surface area contributed by atoms with Crippen molar-refractivity contribution in [1.82, 2.24) is 14.9 Å². The first-order valence-electron chi connectivity index (χ1n) is 9.04. The molecule has 3 aromatic rings. The molecule has 0 aliphatic heterocycles. The number of aromatic nitrogens is 2. The van der Waals surface area contributed by atoms with Gasteiger partial charge in [0.25, 0.3) is 0 Å². The first-order chi connectivity index (χ1) is 14.8. The van der Waals surface area contributed by atoms with Crippen molar-refractivity contribution < 1.29 is 31.9 Å². The lowest BCUT2D eigenvalue weighted by Crippen LogP contribution is -2.24. The minimum absolute atomic E-state index is 0.106. The van der Waals surface area contributed by atoms with E-state index in [1.165, 1.54) is 33.5 Å². The van der Waals surface area contributed by atoms with Crippen molar-refractivity contribution in [2.75, 3.05) is 21.3 Å². The van der Waals surface area contributed by atoms with Gasteiger partial charge in [-0.1, -0.05) is 17.3 Å². The van der Waals surface area contributed by atoms with Crippen molar-refractivity contribution in [3.63, 3.8) is 0 Å². The zero-order valence-electron chi connectivity index (χ0n) is 17.1. The largest absolute Gasteiger partial charge is 0.493 e. The predicted octanol–water partition coefficient (Wildman–Crippen LogP) is 2.16. The monoisotopic (exact) mass is 447 g/mol. The average Bonchev–Trinajstić information content (AvgIpc) is 3.26. The molecule has 0 atom stereocenters. The molecule has 11 heteroatoms. The lowest BCUT2D eigenvalue weighted by Gasteiger charge is -2.07. The highest BCUT2D eigenvalue weighted by atomic mass is 32.2. The maximum Gasteiger partial charge on any atom is 0.337 e. The van der Waals surface area contributed by atoms with Crippen LogP contribution in [0.5, 0.6) is 11.5 Å². The summed E-state index contributed by atoms with van der Waals surface area (Å²) in [5.41, 5.74) is 1.48. The van der Waals surface area contributed by atoms with Crippen LogP contribution in [0.1, 0.15) is 21.8 Å². The fourth-order valence-corrected chi connectivity index (χ4v) is 3.79. The van der Waals surface area contributed by atoms with Gasteiger partial charge in [0.15, 0.2) is 11.5 Å². The van der Waals surface area contributed by atoms with Gasteiger partial charge in [0.2, 0.25) is 21.7 Å². The third kappa shape index (κ3) is 5.58. The summed E-state index contributed by atoms with van der Waals surface area (Å²) in [5.74, 6) is 0.690. The third-order valence-corrected chi connectivity index (χ3v) is 5.58. The van der Waals surface area contributed by atoms with Gasteiger partial charge in [0.1, 0.15) is 0 Å². The van der Waals surface area contributed by atoms with E-state index in [4.69, 9.17) is 14.0 Å². The van der Waals surface area contributed by atoms with Crippen molar-refractivity contribution in [3.8, 4) is 22.9 Å². The van der Waals surface area contributed by atoms with Crippen molar-refractivity contribution in [2.45, 2.75) is 12.3 Å². The van der Waals surface area contributed by atoms with Crippen molar-refractivity contribution in [1.29, 1.82) is 0 Å². The number of hydrogen-bond donors (Lipinski definition) is 1. The minimum atomic E-state index is -3.68. The Morgan fingerprint density at radius 3 is 2.39 bits per heavy atom. The second-order valence-electron chi connectivity index (χ2n) is 6.35. The van der Waals surface area contributed by atoms with Crippen LogP contribution in [-0.4, -0.2) is 45.9 Å². The molecule has 0 aliphatic rings. The van der Waals surface area contributed by atoms with Crippen LogP contribution < -0.4 is 14.2 Å². The second kappa shape index (κ2) is 9.58. The van der Waals surface area contributed by atoms with Crippen LogP contribution >= 0.6 is 0 Å². The third-order valence-electron chi connectivity index (χ3n) is 4.28. The van der Waals surface area contributed by atoms with E-state index >= 15 is 0 Å². The van der Waals surface area contributed by atoms with Crippen molar-refractivity contribution >= 4 is 16.0 Å². The molecule has 10 nitrogen and oxygen atoms in total. The van der Waals surface area contributed by atoms with Gasteiger partial charge in [-0.05, 0) is 35.9 Å². The average molecular weight is 447 g/mol. The molecule has 0 radical (unpaired) electrons. The van der Waals surface area contributed by atoms with Crippen molar-refractivity contribution in [3.05, 3.63) is 59.5 Å². The van der Waals surface area contributed by atoms with E-state index in [-0.39, 0.29) is 24.0 Å². The first kappa shape index (κ1) is 22.2. The Bertz CT molecular complexity index is 1160. The minimum Gasteiger partial charge on any atom is -0.493 e. The molecule has 0 unspecified atom stereocenters. The second-order valence-corrected chi connectivity index (χ2v) is 8.16. The molecule has 0 fully saturated rings. The van der Waals surface area contributed by atoms with Gasteiger partial charge in [-0.2, -0.15) is 4.98 Å². The Balaban J connectivity index is 1.64. The molecule has 0 aliphatic carbocycles. The van der Waals surface area contributed by atoms with Gasteiger partial charge in [0.05, 0.1) is 39.2 Å². The van der Waals surface area contributed by atoms with Crippen LogP contribution in [0.2, 0.25) is 0 Å². The smallest absolute Gasteiger partial charge is 0.337 e. The topological polar surface area (TPSA) is 130 Å². The molecule has 1 aromatic heterocycles. The van der Waals surface area contributed by atoms with Crippen molar-refractivity contribution in [2.24, 2.45) is 0 Å². The molecule has 31 heavy (non-hydrogen) atoms. The van der Waals surface area contributed by atoms with E-state index in [2.05, 4.69) is 19.6 Å². The standard InChI is InChI=1S/C20H21N3O7S/c1-27-16-9-8-15(10-17(16)28-2)19-22-18(30-23-19)11-21-31(25,26)12-13-4-6-14(7-5-13)20(24)29-3/h4-10,21H,11-12H2,1-3H3. The lowest BCUT2D eigenvalue weighted by molar-refractivity contribution is 0.0600. The van der Waals surface area contributed by atoms with E-state index < -0.39 is 16.0 Å². The van der Waals surface area contributed by atoms with Gasteiger partial charge in [-0.3, -0.25) is 0 Å². The number of hydrogen-bond acceptors (Lipinski definition) is 9. The SMILES string of the molecule is COC(=O)c1ccc(CS(=O)(=O)NCc2nc(-c3ccc(OC)c(OC)c3)no2)cc1. The highest BCUT2D eigenvalue weighted by molar-refractivity contribution is 7.88. The Hall–Kier alpha value is -3.44. The molecular formula is C20H21N3O7S. The normalized spacial score (nSPS) is 11.2. The van der Waals surface area contributed by atoms with Gasteiger partial charge in [-0.15, -0.1) is 0 Å². The highest BCUT2D eigenvalue weighted by Gasteiger charge is 2.16. The van der Waals surface area contributed by atoms with E-state index in [0.717, 1.165) is 0 Å². The number of nitrogens with one attached hydrogen (secondary N) is 1. The van der Waals surface area contributed by atoms with Crippen LogP contribution in [0.15, 0.2) is 47.0 Å². The number of rotatable bonds is 9. The zero-order chi connectivity index (χ0) is 22.4. The molecule has 0 spiro atoms. The number of methoxy groups -OCH3 is 3. The highest BCUT2D eigenvalue weighted by Crippen LogP contribution is 2.31. The molecule has 164 valence electrons. The van der Waals surface area contributed by atoms with Gasteiger partial charge in [0, 0.05) is 5.56 Å². The number of ether oxygens (including phenoxy) is 3. The zero-order valence-corrected chi connectivity index (χ0v) is 17.9. The summed E-state index contributed by atoms with van der Waals surface area (Å²) in [6, 6.07) is 11.2. The Labute approximate surface area is 179 Å². The number of carbonyl (C=O) groups excluding carboxylic acids is 1. The molecule has 0 saturated carbocycles. The quantitative estimate of drug-likeness (QED) is 0.490. The first-order valence-corrected chi connectivity index (χ1v) is 10.7. The summed E-state index contributed by atoms with van der Waals surface area (Å²) in [7, 11) is 0.646. The van der Waals surface area contributed by atoms with E-state index in [1.54, 1.807) is 30.3 Å². The molecule has 0 saturated heterocycles. The fourth-order valence-electron chi connectivity index (χ4n) is 2.72. The maximum atomic E-state index is 12.4. The van der Waals surface area contributed by atoms with Crippen LogP contribution in [0.25, 0.3) is 11.4 Å². The van der Waals surface area contributed by atoms with E-state index in [9.17, 15) is 13.2 Å². The molecule has 1 N–H and O–H groups in total. The Kier molecular flexibility index (Phi) is 6.88. The number of esters is 1. The summed E-state index contributed by atoms with van der Waals surface area (Å²) in [6.45, 7) is -0.164. The van der Waals surface area contributed by atoms with E-state index in [1.807, 2.05) is 0 Å². The van der Waals surface area contributed by atoms with Crippen LogP contribution in [-0.2, 0) is 27.1 Å². The molecule has 0 bridgehead atoms. The summed E-state index contributed by atoms with van der Waals surface area (Å²) in [6.07, 6.45) is 0. The number of benzene rings is 2. The van der Waals surface area contributed by atoms with Crippen LogP contribution in [0.4, 0.5) is 0 Å². The fraction of sp³-hybridized carbons (Fsp3) is 0.250. The van der Waals surface area contributed by atoms with Crippen LogP contribution in [0, 0.1) is 0 Å². The van der Waals surface area contributed by atoms with Crippen LogP contribution in [0.3, 0.4) is 0 Å². The van der Waals surface area contributed by atoms with Gasteiger partial charge in [-0.25, -0.2) is 17.9 Å². The maximum absolute atomic E-state index is 12.4. The molecular weight excluding hydrogens is 426 g/mol. The molecule has 1 heterocycles.